The largest absolute Gasteiger partial charge is 0.334 e. The van der Waals surface area contributed by atoms with Crippen LogP contribution in [0, 0.1) is 6.92 Å². The number of benzene rings is 3. The minimum absolute atomic E-state index is 0.581. The summed E-state index contributed by atoms with van der Waals surface area (Å²) in [5.41, 5.74) is 5.01. The predicted molar refractivity (Wildman–Crippen MR) is 135 cm³/mol. The smallest absolute Gasteiger partial charge is 0.0792 e. The van der Waals surface area contributed by atoms with Gasteiger partial charge in [0.25, 0.3) is 0 Å². The molecule has 0 fully saturated rings. The molecule has 3 aromatic rings. The Balaban J connectivity index is 2.18. The van der Waals surface area contributed by atoms with Crippen molar-refractivity contribution in [3.63, 3.8) is 0 Å². The topological polar surface area (TPSA) is 20.3 Å². The zero-order chi connectivity index (χ0) is 21.7. The molecule has 30 heavy (non-hydrogen) atoms. The fraction of sp³-hybridized carbons (Fsp3) is 0.167. The van der Waals surface area contributed by atoms with Crippen LogP contribution in [0.4, 0.5) is 11.4 Å². The maximum atomic E-state index is 12.1. The van der Waals surface area contributed by atoms with Gasteiger partial charge in [0, 0.05) is 18.5 Å². The molecule has 0 radical (unpaired) electrons. The number of halogens is 2. The van der Waals surface area contributed by atoms with E-state index in [1.807, 2.05) is 54.8 Å². The van der Waals surface area contributed by atoms with Crippen LogP contribution in [0.2, 0.25) is 10.0 Å². The highest BCUT2D eigenvalue weighted by molar-refractivity contribution is 8.16. The molecule has 1 atom stereocenters. The molecular weight excluding hydrogens is 453 g/mol. The number of anilines is 2. The monoisotopic (exact) mass is 475 g/mol. The molecule has 0 bridgehead atoms. The zero-order valence-corrected chi connectivity index (χ0v) is 20.2. The van der Waals surface area contributed by atoms with E-state index in [0.29, 0.717) is 16.6 Å². The van der Waals surface area contributed by atoms with Crippen molar-refractivity contribution in [2.45, 2.75) is 13.5 Å². The van der Waals surface area contributed by atoms with Gasteiger partial charge in [0.1, 0.15) is 0 Å². The molecule has 0 spiro atoms. The van der Waals surface area contributed by atoms with Gasteiger partial charge in [-0.1, -0.05) is 77.3 Å². The van der Waals surface area contributed by atoms with Gasteiger partial charge in [-0.3, -0.25) is 4.21 Å². The number of hydrogen-bond acceptors (Lipinski definition) is 3. The van der Waals surface area contributed by atoms with Gasteiger partial charge in [-0.2, -0.15) is 0 Å². The molecule has 0 amide bonds. The van der Waals surface area contributed by atoms with E-state index in [0.717, 1.165) is 26.7 Å². The van der Waals surface area contributed by atoms with Crippen molar-refractivity contribution in [3.8, 4) is 0 Å². The number of para-hydroxylation sites is 2. The highest BCUT2D eigenvalue weighted by Gasteiger charge is 2.19. The van der Waals surface area contributed by atoms with Gasteiger partial charge in [0.15, 0.2) is 0 Å². The first-order valence-corrected chi connectivity index (χ1v) is 12.9. The molecule has 3 aromatic carbocycles. The first-order chi connectivity index (χ1) is 14.4. The average Bonchev–Trinajstić information content (AvgIpc) is 2.72. The summed E-state index contributed by atoms with van der Waals surface area (Å²) in [6, 6.07) is 22.0. The lowest BCUT2D eigenvalue weighted by Crippen LogP contribution is -2.18. The summed E-state index contributed by atoms with van der Waals surface area (Å²) in [5, 5.41) is 1.16. The third-order valence-corrected chi connectivity index (χ3v) is 7.67. The Kier molecular flexibility index (Phi) is 8.06. The van der Waals surface area contributed by atoms with E-state index in [-0.39, 0.29) is 0 Å². The standard InChI is InChI=1S/C24H23Cl2NOS2/c1-17-11-13-18(14-12-17)16-27(24-20(25)8-6-9-21(24)26)22-10-5-4-7-19(22)15-23(29-2)30(3)28/h4-15H,16H2,1-3H3. The Morgan fingerprint density at radius 2 is 1.63 bits per heavy atom. The van der Waals surface area contributed by atoms with Crippen LogP contribution in [-0.2, 0) is 17.3 Å². The lowest BCUT2D eigenvalue weighted by atomic mass is 10.1. The third kappa shape index (κ3) is 5.50. The first-order valence-electron chi connectivity index (χ1n) is 9.36. The molecule has 6 heteroatoms. The quantitative estimate of drug-likeness (QED) is 0.349. The molecule has 0 N–H and O–H groups in total. The lowest BCUT2D eigenvalue weighted by molar-refractivity contribution is 0.691. The maximum Gasteiger partial charge on any atom is 0.0792 e. The number of aryl methyl sites for hydroxylation is 1. The van der Waals surface area contributed by atoms with Crippen molar-refractivity contribution in [1.29, 1.82) is 0 Å². The van der Waals surface area contributed by atoms with Gasteiger partial charge in [-0.15, -0.1) is 11.8 Å². The van der Waals surface area contributed by atoms with Gasteiger partial charge in [0.05, 0.1) is 30.8 Å². The minimum Gasteiger partial charge on any atom is -0.334 e. The van der Waals surface area contributed by atoms with Crippen molar-refractivity contribution in [2.75, 3.05) is 17.4 Å². The summed E-state index contributed by atoms with van der Waals surface area (Å²) in [7, 11) is -1.07. The molecule has 0 aliphatic carbocycles. The number of hydrogen-bond donors (Lipinski definition) is 0. The van der Waals surface area contributed by atoms with Crippen molar-refractivity contribution in [1.82, 2.24) is 0 Å². The van der Waals surface area contributed by atoms with E-state index in [1.54, 1.807) is 6.26 Å². The van der Waals surface area contributed by atoms with E-state index in [2.05, 4.69) is 36.1 Å². The number of nitrogens with zero attached hydrogens (tertiary/aromatic N) is 1. The molecule has 0 saturated carbocycles. The van der Waals surface area contributed by atoms with Crippen LogP contribution in [0.25, 0.3) is 6.08 Å². The second kappa shape index (κ2) is 10.5. The van der Waals surface area contributed by atoms with Crippen LogP contribution in [0.3, 0.4) is 0 Å². The number of rotatable bonds is 7. The fourth-order valence-corrected chi connectivity index (χ4v) is 5.23. The van der Waals surface area contributed by atoms with Gasteiger partial charge < -0.3 is 4.90 Å². The van der Waals surface area contributed by atoms with Gasteiger partial charge in [-0.05, 0) is 48.6 Å². The SMILES string of the molecule is CSC(=Cc1ccccc1N(Cc1ccc(C)cc1)c1c(Cl)cccc1Cl)S(C)=O. The second-order valence-corrected chi connectivity index (χ2v) is 10.1. The zero-order valence-electron chi connectivity index (χ0n) is 17.1. The van der Waals surface area contributed by atoms with Gasteiger partial charge in [-0.25, -0.2) is 0 Å². The molecule has 1 unspecified atom stereocenters. The Morgan fingerprint density at radius 1 is 1.00 bits per heavy atom. The summed E-state index contributed by atoms with van der Waals surface area (Å²) >= 11 is 14.7. The van der Waals surface area contributed by atoms with Crippen LogP contribution in [0.5, 0.6) is 0 Å². The normalized spacial score (nSPS) is 12.6. The molecule has 0 aromatic heterocycles. The maximum absolute atomic E-state index is 12.1. The van der Waals surface area contributed by atoms with E-state index < -0.39 is 10.8 Å². The fourth-order valence-electron chi connectivity index (χ4n) is 3.15. The van der Waals surface area contributed by atoms with Crippen LogP contribution >= 0.6 is 35.0 Å². The average molecular weight is 476 g/mol. The first kappa shape index (κ1) is 23.0. The summed E-state index contributed by atoms with van der Waals surface area (Å²) in [6.45, 7) is 2.67. The van der Waals surface area contributed by atoms with E-state index >= 15 is 0 Å². The Labute approximate surface area is 195 Å². The minimum atomic E-state index is -1.07. The Bertz CT molecular complexity index is 1060. The molecule has 156 valence electrons. The van der Waals surface area contributed by atoms with Crippen molar-refractivity contribution < 1.29 is 4.21 Å². The van der Waals surface area contributed by atoms with E-state index in [4.69, 9.17) is 23.2 Å². The summed E-state index contributed by atoms with van der Waals surface area (Å²) in [5.74, 6) is 0. The van der Waals surface area contributed by atoms with E-state index in [9.17, 15) is 4.21 Å². The highest BCUT2D eigenvalue weighted by Crippen LogP contribution is 2.41. The van der Waals surface area contributed by atoms with Crippen molar-refractivity contribution >= 4 is 63.2 Å². The van der Waals surface area contributed by atoms with Gasteiger partial charge in [0.2, 0.25) is 0 Å². The van der Waals surface area contributed by atoms with Crippen LogP contribution in [-0.4, -0.2) is 16.7 Å². The van der Waals surface area contributed by atoms with Crippen LogP contribution in [0.1, 0.15) is 16.7 Å². The number of thioether (sulfide) groups is 1. The summed E-state index contributed by atoms with van der Waals surface area (Å²) < 4.78 is 12.9. The van der Waals surface area contributed by atoms with E-state index in [1.165, 1.54) is 17.3 Å². The molecule has 3 rings (SSSR count). The Hall–Kier alpha value is -1.72. The molecule has 0 aliphatic heterocycles. The predicted octanol–water partition coefficient (Wildman–Crippen LogP) is 7.68. The van der Waals surface area contributed by atoms with Crippen LogP contribution in [0.15, 0.2) is 71.0 Å². The molecule has 0 heterocycles. The summed E-state index contributed by atoms with van der Waals surface area (Å²) in [4.78, 5) is 2.12. The lowest BCUT2D eigenvalue weighted by Gasteiger charge is -2.29. The third-order valence-electron chi connectivity index (χ3n) is 4.65. The molecule has 2 nitrogen and oxygen atoms in total. The molecular formula is C24H23Cl2NOS2. The summed E-state index contributed by atoms with van der Waals surface area (Å²) in [6.07, 6.45) is 5.60. The molecule has 0 aliphatic rings. The van der Waals surface area contributed by atoms with Crippen molar-refractivity contribution in [3.05, 3.63) is 97.7 Å². The second-order valence-electron chi connectivity index (χ2n) is 6.82. The molecule has 0 saturated heterocycles. The van der Waals surface area contributed by atoms with Crippen LogP contribution < -0.4 is 4.90 Å². The van der Waals surface area contributed by atoms with Gasteiger partial charge >= 0.3 is 0 Å². The highest BCUT2D eigenvalue weighted by atomic mass is 35.5. The Morgan fingerprint density at radius 3 is 2.23 bits per heavy atom. The van der Waals surface area contributed by atoms with Crippen molar-refractivity contribution in [2.24, 2.45) is 0 Å².